The number of ether oxygens (including phenoxy) is 1. The highest BCUT2D eigenvalue weighted by molar-refractivity contribution is 7.21. The molecule has 5 heterocycles. The first-order chi connectivity index (χ1) is 17.4. The summed E-state index contributed by atoms with van der Waals surface area (Å²) >= 11 is 1.46. The molecule has 12 heteroatoms. The van der Waals surface area contributed by atoms with Crippen LogP contribution in [0, 0.1) is 6.92 Å². The Kier molecular flexibility index (Phi) is 8.41. The van der Waals surface area contributed by atoms with Crippen molar-refractivity contribution in [3.8, 4) is 10.4 Å². The molecule has 4 aromatic heterocycles. The van der Waals surface area contributed by atoms with Crippen molar-refractivity contribution in [2.75, 3.05) is 37.4 Å². The van der Waals surface area contributed by atoms with E-state index in [1.165, 1.54) is 50.4 Å². The predicted octanol–water partition coefficient (Wildman–Crippen LogP) is 3.19. The van der Waals surface area contributed by atoms with Gasteiger partial charge in [-0.25, -0.2) is 4.52 Å². The Balaban J connectivity index is 0.000000543. The molecular formula is C24H30N8O3S. The highest BCUT2D eigenvalue weighted by atomic mass is 32.1. The van der Waals surface area contributed by atoms with Crippen LogP contribution >= 0.6 is 11.3 Å². The maximum atomic E-state index is 12.9. The van der Waals surface area contributed by atoms with E-state index in [9.17, 15) is 9.59 Å². The van der Waals surface area contributed by atoms with Crippen LogP contribution in [-0.4, -0.2) is 63.0 Å². The number of hydrogen-bond acceptors (Lipinski definition) is 8. The normalized spacial score (nSPS) is 12.9. The molecule has 0 radical (unpaired) electrons. The van der Waals surface area contributed by atoms with Crippen molar-refractivity contribution in [1.29, 1.82) is 0 Å². The third-order valence-corrected chi connectivity index (χ3v) is 6.66. The van der Waals surface area contributed by atoms with E-state index < -0.39 is 0 Å². The number of nitrogens with one attached hydrogen (secondary N) is 3. The summed E-state index contributed by atoms with van der Waals surface area (Å²) in [7, 11) is 1.65. The summed E-state index contributed by atoms with van der Waals surface area (Å²) in [6.07, 6.45) is 11.4. The van der Waals surface area contributed by atoms with Crippen molar-refractivity contribution in [2.45, 2.75) is 33.2 Å². The van der Waals surface area contributed by atoms with Crippen LogP contribution in [0.25, 0.3) is 15.3 Å². The molecule has 1 aliphatic heterocycles. The Morgan fingerprint density at radius 1 is 1.14 bits per heavy atom. The molecule has 5 rings (SSSR count). The van der Waals surface area contributed by atoms with E-state index in [1.807, 2.05) is 17.1 Å². The number of pyridine rings is 1. The molecule has 0 unspecified atom stereocenters. The van der Waals surface area contributed by atoms with Gasteiger partial charge in [-0.2, -0.15) is 10.2 Å². The Hall–Kier alpha value is -3.61. The fourth-order valence-electron chi connectivity index (χ4n) is 3.62. The van der Waals surface area contributed by atoms with E-state index in [-0.39, 0.29) is 11.8 Å². The number of aromatic nitrogens is 5. The van der Waals surface area contributed by atoms with Gasteiger partial charge in [-0.15, -0.1) is 11.3 Å². The molecule has 0 saturated carbocycles. The second-order valence-corrected chi connectivity index (χ2v) is 9.37. The highest BCUT2D eigenvalue weighted by Crippen LogP contribution is 2.30. The smallest absolute Gasteiger partial charge is 0.260 e. The standard InChI is InChI=1S/C20H21N7O3S.C4H9N/c1-12-17(6-15(8-21-12)24-13(2)28)25-19(29)16-9-23-27-11-18(31-20(16)27)14-7-22-26(10-14)4-5-30-3;1-2-4-5-3-1/h6-11H,4-5H2,1-3H3,(H,24,28)(H,25,29);5H,1-4H2. The van der Waals surface area contributed by atoms with Gasteiger partial charge in [0.05, 0.1) is 59.3 Å². The fourth-order valence-corrected chi connectivity index (χ4v) is 4.65. The third-order valence-electron chi connectivity index (χ3n) is 5.50. The van der Waals surface area contributed by atoms with Gasteiger partial charge in [0.25, 0.3) is 5.91 Å². The zero-order valence-corrected chi connectivity index (χ0v) is 21.4. The van der Waals surface area contributed by atoms with Gasteiger partial charge in [0.15, 0.2) is 0 Å². The lowest BCUT2D eigenvalue weighted by Gasteiger charge is -2.09. The Morgan fingerprint density at radius 2 is 1.94 bits per heavy atom. The monoisotopic (exact) mass is 510 g/mol. The number of aryl methyl sites for hydroxylation is 1. The van der Waals surface area contributed by atoms with Crippen molar-refractivity contribution < 1.29 is 14.3 Å². The molecular weight excluding hydrogens is 480 g/mol. The minimum atomic E-state index is -0.302. The Labute approximate surface area is 212 Å². The summed E-state index contributed by atoms with van der Waals surface area (Å²) in [6.45, 7) is 6.94. The number of carbonyl (C=O) groups excluding carboxylic acids is 2. The molecule has 11 nitrogen and oxygen atoms in total. The highest BCUT2D eigenvalue weighted by Gasteiger charge is 2.18. The van der Waals surface area contributed by atoms with E-state index >= 15 is 0 Å². The zero-order valence-electron chi connectivity index (χ0n) is 20.6. The van der Waals surface area contributed by atoms with Crippen LogP contribution in [0.3, 0.4) is 0 Å². The summed E-state index contributed by atoms with van der Waals surface area (Å²) in [5.74, 6) is -0.512. The average Bonchev–Trinajstić information content (AvgIpc) is 3.65. The van der Waals surface area contributed by atoms with Crippen LogP contribution in [-0.2, 0) is 16.1 Å². The van der Waals surface area contributed by atoms with Gasteiger partial charge in [0.2, 0.25) is 5.91 Å². The van der Waals surface area contributed by atoms with Crippen LogP contribution in [0.5, 0.6) is 0 Å². The molecule has 4 aromatic rings. The van der Waals surface area contributed by atoms with Gasteiger partial charge >= 0.3 is 0 Å². The Bertz CT molecular complexity index is 1330. The average molecular weight is 511 g/mol. The van der Waals surface area contributed by atoms with Gasteiger partial charge in [0, 0.05) is 32.0 Å². The lowest BCUT2D eigenvalue weighted by Crippen LogP contribution is -2.14. The van der Waals surface area contributed by atoms with Crippen LogP contribution < -0.4 is 16.0 Å². The Morgan fingerprint density at radius 3 is 2.64 bits per heavy atom. The molecule has 0 bridgehead atoms. The molecule has 1 fully saturated rings. The predicted molar refractivity (Wildman–Crippen MR) is 140 cm³/mol. The van der Waals surface area contributed by atoms with E-state index in [2.05, 4.69) is 31.1 Å². The molecule has 2 amide bonds. The van der Waals surface area contributed by atoms with Gasteiger partial charge in [-0.05, 0) is 38.9 Å². The van der Waals surface area contributed by atoms with Crippen LogP contribution in [0.15, 0.2) is 37.1 Å². The number of amides is 2. The molecule has 1 aliphatic rings. The molecule has 3 N–H and O–H groups in total. The lowest BCUT2D eigenvalue weighted by molar-refractivity contribution is -0.114. The number of anilines is 2. The first-order valence-corrected chi connectivity index (χ1v) is 12.5. The summed E-state index contributed by atoms with van der Waals surface area (Å²) in [5.41, 5.74) is 3.07. The second kappa shape index (κ2) is 11.9. The van der Waals surface area contributed by atoms with Crippen molar-refractivity contribution in [1.82, 2.24) is 29.7 Å². The molecule has 36 heavy (non-hydrogen) atoms. The fraction of sp³-hybridized carbons (Fsp3) is 0.375. The summed E-state index contributed by atoms with van der Waals surface area (Å²) < 4.78 is 8.57. The van der Waals surface area contributed by atoms with E-state index in [4.69, 9.17) is 4.74 Å². The zero-order chi connectivity index (χ0) is 25.5. The van der Waals surface area contributed by atoms with E-state index in [0.717, 1.165) is 15.3 Å². The molecule has 190 valence electrons. The topological polar surface area (TPSA) is 127 Å². The SMILES string of the molecule is C1CCNC1.COCCn1cc(-c2cn3ncc(C(=O)Nc4cc(NC(C)=O)cnc4C)c3s2)cn1. The van der Waals surface area contributed by atoms with Crippen molar-refractivity contribution in [3.63, 3.8) is 0 Å². The molecule has 0 aromatic carbocycles. The molecule has 0 aliphatic carbocycles. The maximum absolute atomic E-state index is 12.9. The molecule has 0 atom stereocenters. The summed E-state index contributed by atoms with van der Waals surface area (Å²) in [6, 6.07) is 1.68. The van der Waals surface area contributed by atoms with Gasteiger partial charge in [-0.3, -0.25) is 19.3 Å². The second-order valence-electron chi connectivity index (χ2n) is 8.34. The lowest BCUT2D eigenvalue weighted by atomic mass is 10.2. The minimum absolute atomic E-state index is 0.210. The third kappa shape index (κ3) is 6.33. The number of carbonyl (C=O) groups is 2. The van der Waals surface area contributed by atoms with Crippen LogP contribution in [0.1, 0.15) is 35.8 Å². The van der Waals surface area contributed by atoms with Crippen molar-refractivity contribution in [2.24, 2.45) is 0 Å². The first-order valence-electron chi connectivity index (χ1n) is 11.7. The number of methoxy groups -OCH3 is 1. The largest absolute Gasteiger partial charge is 0.383 e. The maximum Gasteiger partial charge on any atom is 0.260 e. The van der Waals surface area contributed by atoms with Gasteiger partial charge in [-0.1, -0.05) is 0 Å². The number of fused-ring (bicyclic) bond motifs is 1. The number of nitrogens with zero attached hydrogens (tertiary/aromatic N) is 5. The van der Waals surface area contributed by atoms with Crippen LogP contribution in [0.4, 0.5) is 11.4 Å². The van der Waals surface area contributed by atoms with E-state index in [0.29, 0.717) is 35.8 Å². The first kappa shape index (κ1) is 25.5. The van der Waals surface area contributed by atoms with Crippen molar-refractivity contribution in [3.05, 3.63) is 48.3 Å². The van der Waals surface area contributed by atoms with Gasteiger partial charge < -0.3 is 20.7 Å². The molecule has 1 saturated heterocycles. The van der Waals surface area contributed by atoms with Crippen molar-refractivity contribution >= 4 is 39.4 Å². The van der Waals surface area contributed by atoms with Gasteiger partial charge in [0.1, 0.15) is 4.83 Å². The van der Waals surface area contributed by atoms with E-state index in [1.54, 1.807) is 37.0 Å². The number of thiazole rings is 1. The van der Waals surface area contributed by atoms with Crippen LogP contribution in [0.2, 0.25) is 0 Å². The minimum Gasteiger partial charge on any atom is -0.383 e. The number of rotatable bonds is 7. The number of hydrogen-bond donors (Lipinski definition) is 3. The summed E-state index contributed by atoms with van der Waals surface area (Å²) in [5, 5.41) is 17.4. The summed E-state index contributed by atoms with van der Waals surface area (Å²) in [4.78, 5) is 30.1. The molecule has 0 spiro atoms. The quantitative estimate of drug-likeness (QED) is 0.348.